The fraction of sp³-hybridized carbons (Fsp3) is 0.188. The first-order valence-corrected chi connectivity index (χ1v) is 6.51. The Hall–Kier alpha value is -2.69. The van der Waals surface area contributed by atoms with Gasteiger partial charge in [0, 0.05) is 11.8 Å². The van der Waals surface area contributed by atoms with Crippen LogP contribution in [-0.4, -0.2) is 23.3 Å². The molecule has 2 rings (SSSR count). The molecule has 0 fully saturated rings. The van der Waals surface area contributed by atoms with Crippen LogP contribution in [0, 0.1) is 6.92 Å². The van der Waals surface area contributed by atoms with Crippen LogP contribution in [0.4, 0.5) is 5.82 Å². The number of nitrogens with zero attached hydrogens (tertiary/aromatic N) is 1. The number of hydrogen-bond donors (Lipinski definition) is 1. The molecule has 0 saturated carbocycles. The van der Waals surface area contributed by atoms with Crippen LogP contribution in [0.5, 0.6) is 5.75 Å². The highest BCUT2D eigenvalue weighted by Gasteiger charge is 2.06. The fourth-order valence-electron chi connectivity index (χ4n) is 1.67. The number of ether oxygens (including phenoxy) is 1. The van der Waals surface area contributed by atoms with Crippen LogP contribution in [0.25, 0.3) is 0 Å². The van der Waals surface area contributed by atoms with Crippen molar-refractivity contribution in [2.75, 3.05) is 11.9 Å². The van der Waals surface area contributed by atoms with Gasteiger partial charge in [-0.05, 0) is 37.6 Å². The van der Waals surface area contributed by atoms with Gasteiger partial charge in [-0.15, -0.1) is 0 Å². The van der Waals surface area contributed by atoms with E-state index < -0.39 is 0 Å². The quantitative estimate of drug-likeness (QED) is 0.857. The number of ketones is 1. The molecule has 1 N–H and O–H groups in total. The van der Waals surface area contributed by atoms with Gasteiger partial charge in [0.25, 0.3) is 5.91 Å². The molecule has 0 aliphatic rings. The Morgan fingerprint density at radius 3 is 2.71 bits per heavy atom. The lowest BCUT2D eigenvalue weighted by molar-refractivity contribution is -0.118. The first-order valence-electron chi connectivity index (χ1n) is 6.51. The van der Waals surface area contributed by atoms with E-state index >= 15 is 0 Å². The number of Topliss-reactive ketones (excluding diaryl/α,β-unsaturated/α-hetero) is 1. The van der Waals surface area contributed by atoms with Gasteiger partial charge in [-0.3, -0.25) is 9.59 Å². The molecule has 0 atom stereocenters. The van der Waals surface area contributed by atoms with Crippen molar-refractivity contribution in [2.24, 2.45) is 0 Å². The van der Waals surface area contributed by atoms with Crippen molar-refractivity contribution >= 4 is 17.5 Å². The lowest BCUT2D eigenvalue weighted by Gasteiger charge is -2.08. The number of pyridine rings is 1. The highest BCUT2D eigenvalue weighted by molar-refractivity contribution is 5.94. The number of hydrogen-bond acceptors (Lipinski definition) is 4. The zero-order chi connectivity index (χ0) is 15.2. The van der Waals surface area contributed by atoms with Crippen LogP contribution in [0.1, 0.15) is 22.8 Å². The molecule has 1 aromatic heterocycles. The maximum absolute atomic E-state index is 11.7. The Bertz CT molecular complexity index is 651. The van der Waals surface area contributed by atoms with E-state index in [-0.39, 0.29) is 18.3 Å². The number of carbonyl (C=O) groups is 2. The van der Waals surface area contributed by atoms with Crippen molar-refractivity contribution in [3.63, 3.8) is 0 Å². The van der Waals surface area contributed by atoms with Crippen LogP contribution in [-0.2, 0) is 4.79 Å². The lowest BCUT2D eigenvalue weighted by Crippen LogP contribution is -2.20. The molecule has 0 radical (unpaired) electrons. The SMILES string of the molecule is CC(=O)c1cccc(OCC(=O)Nc2ccc(C)cn2)c1. The van der Waals surface area contributed by atoms with Gasteiger partial charge in [0.05, 0.1) is 0 Å². The summed E-state index contributed by atoms with van der Waals surface area (Å²) in [6.45, 7) is 3.26. The Balaban J connectivity index is 1.90. The highest BCUT2D eigenvalue weighted by atomic mass is 16.5. The summed E-state index contributed by atoms with van der Waals surface area (Å²) < 4.78 is 5.36. The van der Waals surface area contributed by atoms with Gasteiger partial charge in [-0.1, -0.05) is 18.2 Å². The molecule has 21 heavy (non-hydrogen) atoms. The second-order valence-electron chi connectivity index (χ2n) is 4.64. The monoisotopic (exact) mass is 284 g/mol. The minimum Gasteiger partial charge on any atom is -0.484 e. The van der Waals surface area contributed by atoms with Gasteiger partial charge >= 0.3 is 0 Å². The van der Waals surface area contributed by atoms with Crippen LogP contribution in [0.15, 0.2) is 42.6 Å². The first kappa shape index (κ1) is 14.7. The maximum Gasteiger partial charge on any atom is 0.263 e. The number of rotatable bonds is 5. The largest absolute Gasteiger partial charge is 0.484 e. The van der Waals surface area contributed by atoms with Gasteiger partial charge in [0.2, 0.25) is 0 Å². The minimum absolute atomic E-state index is 0.0474. The van der Waals surface area contributed by atoms with Crippen LogP contribution in [0.3, 0.4) is 0 Å². The van der Waals surface area contributed by atoms with Crippen molar-refractivity contribution < 1.29 is 14.3 Å². The molecule has 0 bridgehead atoms. The first-order chi connectivity index (χ1) is 10.0. The molecule has 2 aromatic rings. The predicted molar refractivity (Wildman–Crippen MR) is 79.5 cm³/mol. The standard InChI is InChI=1S/C16H16N2O3/c1-11-6-7-15(17-9-11)18-16(20)10-21-14-5-3-4-13(8-14)12(2)19/h3-9H,10H2,1-2H3,(H,17,18,20). The lowest BCUT2D eigenvalue weighted by atomic mass is 10.1. The molecule has 0 aliphatic heterocycles. The van der Waals surface area contributed by atoms with Crippen LogP contribution < -0.4 is 10.1 Å². The molecular formula is C16H16N2O3. The Morgan fingerprint density at radius 1 is 1.24 bits per heavy atom. The second-order valence-corrected chi connectivity index (χ2v) is 4.64. The molecule has 1 heterocycles. The molecule has 5 nitrogen and oxygen atoms in total. The van der Waals surface area contributed by atoms with Crippen molar-refractivity contribution in [1.29, 1.82) is 0 Å². The Kier molecular flexibility index (Phi) is 4.66. The van der Waals surface area contributed by atoms with Crippen molar-refractivity contribution in [3.8, 4) is 5.75 Å². The highest BCUT2D eigenvalue weighted by Crippen LogP contribution is 2.13. The number of benzene rings is 1. The molecule has 0 spiro atoms. The molecule has 108 valence electrons. The average molecular weight is 284 g/mol. The molecule has 5 heteroatoms. The van der Waals surface area contributed by atoms with Crippen molar-refractivity contribution in [2.45, 2.75) is 13.8 Å². The molecule has 1 amide bonds. The van der Waals surface area contributed by atoms with Crippen molar-refractivity contribution in [3.05, 3.63) is 53.7 Å². The number of amides is 1. The third-order valence-electron chi connectivity index (χ3n) is 2.79. The van der Waals surface area contributed by atoms with Gasteiger partial charge in [-0.2, -0.15) is 0 Å². The zero-order valence-electron chi connectivity index (χ0n) is 11.9. The van der Waals surface area contributed by atoms with Crippen molar-refractivity contribution in [1.82, 2.24) is 4.98 Å². The summed E-state index contributed by atoms with van der Waals surface area (Å²) >= 11 is 0. The Labute approximate surface area is 123 Å². The summed E-state index contributed by atoms with van der Waals surface area (Å²) in [5, 5.41) is 2.63. The van der Waals surface area contributed by atoms with E-state index in [1.807, 2.05) is 13.0 Å². The van der Waals surface area contributed by atoms with E-state index in [0.29, 0.717) is 17.1 Å². The smallest absolute Gasteiger partial charge is 0.263 e. The number of aryl methyl sites for hydroxylation is 1. The third kappa shape index (κ3) is 4.42. The van der Waals surface area contributed by atoms with Crippen LogP contribution in [0.2, 0.25) is 0 Å². The second kappa shape index (κ2) is 6.65. The van der Waals surface area contributed by atoms with Gasteiger partial charge < -0.3 is 10.1 Å². The summed E-state index contributed by atoms with van der Waals surface area (Å²) in [7, 11) is 0. The van der Waals surface area contributed by atoms with Gasteiger partial charge in [0.1, 0.15) is 11.6 Å². The number of carbonyl (C=O) groups excluding carboxylic acids is 2. The van der Waals surface area contributed by atoms with Crippen LogP contribution >= 0.6 is 0 Å². The van der Waals surface area contributed by atoms with E-state index in [4.69, 9.17) is 4.74 Å². The number of anilines is 1. The fourth-order valence-corrected chi connectivity index (χ4v) is 1.67. The van der Waals surface area contributed by atoms with E-state index in [0.717, 1.165) is 5.56 Å². The summed E-state index contributed by atoms with van der Waals surface area (Å²) in [6.07, 6.45) is 1.67. The third-order valence-corrected chi connectivity index (χ3v) is 2.79. The number of nitrogens with one attached hydrogen (secondary N) is 1. The summed E-state index contributed by atoms with van der Waals surface area (Å²) in [5.74, 6) is 0.606. The zero-order valence-corrected chi connectivity index (χ0v) is 11.9. The summed E-state index contributed by atoms with van der Waals surface area (Å²) in [5.41, 5.74) is 1.57. The summed E-state index contributed by atoms with van der Waals surface area (Å²) in [4.78, 5) is 27.1. The minimum atomic E-state index is -0.306. The van der Waals surface area contributed by atoms with E-state index in [2.05, 4.69) is 10.3 Å². The number of aromatic nitrogens is 1. The summed E-state index contributed by atoms with van der Waals surface area (Å²) in [6, 6.07) is 10.3. The van der Waals surface area contributed by atoms with Gasteiger partial charge in [0.15, 0.2) is 12.4 Å². The van der Waals surface area contributed by atoms with Gasteiger partial charge in [-0.25, -0.2) is 4.98 Å². The normalized spacial score (nSPS) is 10.0. The molecule has 0 aliphatic carbocycles. The van der Waals surface area contributed by atoms with E-state index in [9.17, 15) is 9.59 Å². The molecule has 0 unspecified atom stereocenters. The molecular weight excluding hydrogens is 268 g/mol. The maximum atomic E-state index is 11.7. The molecule has 0 saturated heterocycles. The average Bonchev–Trinajstić information content (AvgIpc) is 2.48. The van der Waals surface area contributed by atoms with E-state index in [1.54, 1.807) is 36.5 Å². The predicted octanol–water partition coefficient (Wildman–Crippen LogP) is 2.61. The van der Waals surface area contributed by atoms with E-state index in [1.165, 1.54) is 6.92 Å². The molecule has 1 aromatic carbocycles. The topological polar surface area (TPSA) is 68.3 Å². The Morgan fingerprint density at radius 2 is 2.05 bits per heavy atom.